The van der Waals surface area contributed by atoms with Crippen LogP contribution in [-0.4, -0.2) is 24.8 Å². The molecule has 4 aromatic rings. The minimum atomic E-state index is 0.583. The third-order valence-electron chi connectivity index (χ3n) is 4.26. The summed E-state index contributed by atoms with van der Waals surface area (Å²) in [4.78, 5) is 16.7. The van der Waals surface area contributed by atoms with Gasteiger partial charge in [-0.15, -0.1) is 0 Å². The number of aromatic nitrogens is 4. The molecule has 134 valence electrons. The van der Waals surface area contributed by atoms with Gasteiger partial charge in [-0.1, -0.05) is 48.1 Å². The van der Waals surface area contributed by atoms with E-state index in [-0.39, 0.29) is 0 Å². The molecule has 0 saturated heterocycles. The quantitative estimate of drug-likeness (QED) is 0.371. The van der Waals surface area contributed by atoms with E-state index in [2.05, 4.69) is 25.3 Å². The molecule has 0 unspecified atom stereocenters. The van der Waals surface area contributed by atoms with Crippen molar-refractivity contribution in [3.63, 3.8) is 0 Å². The molecule has 2 aromatic carbocycles. The largest absolute Gasteiger partial charge is 0.340 e. The van der Waals surface area contributed by atoms with Gasteiger partial charge in [-0.05, 0) is 43.2 Å². The highest BCUT2D eigenvalue weighted by atomic mass is 35.5. The van der Waals surface area contributed by atoms with Crippen molar-refractivity contribution in [2.24, 2.45) is 0 Å². The van der Waals surface area contributed by atoms with Crippen LogP contribution in [0.2, 0.25) is 5.02 Å². The lowest BCUT2D eigenvalue weighted by Gasteiger charge is -2.12. The van der Waals surface area contributed by atoms with Crippen molar-refractivity contribution in [1.29, 1.82) is 0 Å². The van der Waals surface area contributed by atoms with Gasteiger partial charge in [0.2, 0.25) is 0 Å². The molecule has 0 radical (unpaired) electrons. The second kappa shape index (κ2) is 7.06. The molecule has 0 bridgehead atoms. The Morgan fingerprint density at radius 3 is 2.67 bits per heavy atom. The summed E-state index contributed by atoms with van der Waals surface area (Å²) in [6.07, 6.45) is 1.60. The average Bonchev–Trinajstić information content (AvgIpc) is 3.10. The first-order valence-electron chi connectivity index (χ1n) is 8.37. The van der Waals surface area contributed by atoms with Crippen LogP contribution in [0.3, 0.4) is 0 Å². The lowest BCUT2D eigenvalue weighted by atomic mass is 10.00. The lowest BCUT2D eigenvalue weighted by Crippen LogP contribution is -2.04. The summed E-state index contributed by atoms with van der Waals surface area (Å²) in [5.41, 5.74) is 5.15. The van der Waals surface area contributed by atoms with Crippen LogP contribution in [0, 0.1) is 13.8 Å². The molecule has 0 aliphatic rings. The van der Waals surface area contributed by atoms with E-state index in [1.807, 2.05) is 56.3 Å². The normalized spacial score (nSPS) is 10.9. The van der Waals surface area contributed by atoms with Gasteiger partial charge in [-0.25, -0.2) is 15.0 Å². The van der Waals surface area contributed by atoms with Gasteiger partial charge < -0.3 is 10.3 Å². The molecule has 27 heavy (non-hydrogen) atoms. The Kier molecular flexibility index (Phi) is 4.59. The second-order valence-corrected chi connectivity index (χ2v) is 7.00. The number of nitrogens with zero attached hydrogens (tertiary/aromatic N) is 3. The SMILES string of the molecule is Cc1nc(Nc2ccc(C(=S)c3ccccc3C)c(Cl)c2)c2[nH]cnc2n1. The Morgan fingerprint density at radius 2 is 1.89 bits per heavy atom. The van der Waals surface area contributed by atoms with E-state index in [4.69, 9.17) is 23.8 Å². The standard InChI is InChI=1S/C20H16ClN5S/c1-11-5-3-4-6-14(11)18(27)15-8-7-13(9-16(15)21)26-20-17-19(23-10-22-17)24-12(2)25-20/h3-10H,1-2H3,(H2,22,23,24,25,26). The molecule has 0 aliphatic carbocycles. The number of fused-ring (bicyclic) bond motifs is 1. The molecule has 0 fully saturated rings. The summed E-state index contributed by atoms with van der Waals surface area (Å²) in [7, 11) is 0. The summed E-state index contributed by atoms with van der Waals surface area (Å²) < 4.78 is 0. The van der Waals surface area contributed by atoms with Crippen LogP contribution < -0.4 is 5.32 Å². The van der Waals surface area contributed by atoms with Crippen LogP contribution in [0.4, 0.5) is 11.5 Å². The number of thiocarbonyl (C=S) groups is 1. The zero-order valence-corrected chi connectivity index (χ0v) is 16.3. The number of imidazole rings is 1. The van der Waals surface area contributed by atoms with E-state index >= 15 is 0 Å². The number of benzene rings is 2. The molecule has 2 heterocycles. The summed E-state index contributed by atoms with van der Waals surface area (Å²) in [6, 6.07) is 13.7. The third-order valence-corrected chi connectivity index (χ3v) is 5.02. The predicted molar refractivity (Wildman–Crippen MR) is 113 cm³/mol. The first kappa shape index (κ1) is 17.6. The monoisotopic (exact) mass is 393 g/mol. The van der Waals surface area contributed by atoms with E-state index in [0.717, 1.165) is 32.8 Å². The fourth-order valence-electron chi connectivity index (χ4n) is 2.92. The molecule has 4 rings (SSSR count). The van der Waals surface area contributed by atoms with Crippen LogP contribution >= 0.6 is 23.8 Å². The molecule has 2 aromatic heterocycles. The molecule has 0 spiro atoms. The number of aryl methyl sites for hydroxylation is 2. The molecule has 0 saturated carbocycles. The van der Waals surface area contributed by atoms with Crippen LogP contribution in [0.5, 0.6) is 0 Å². The third kappa shape index (κ3) is 3.41. The van der Waals surface area contributed by atoms with E-state index in [9.17, 15) is 0 Å². The van der Waals surface area contributed by atoms with Gasteiger partial charge in [-0.2, -0.15) is 0 Å². The highest BCUT2D eigenvalue weighted by molar-refractivity contribution is 7.81. The number of hydrogen-bond donors (Lipinski definition) is 2. The maximum atomic E-state index is 6.54. The van der Waals surface area contributed by atoms with Crippen LogP contribution in [0.15, 0.2) is 48.8 Å². The maximum absolute atomic E-state index is 6.54. The molecule has 0 atom stereocenters. The smallest absolute Gasteiger partial charge is 0.183 e. The molecule has 0 amide bonds. The minimum Gasteiger partial charge on any atom is -0.340 e. The molecular formula is C20H16ClN5S. The van der Waals surface area contributed by atoms with Gasteiger partial charge in [0.05, 0.1) is 16.2 Å². The Morgan fingerprint density at radius 1 is 1.07 bits per heavy atom. The first-order valence-corrected chi connectivity index (χ1v) is 9.16. The number of halogens is 1. The van der Waals surface area contributed by atoms with Crippen molar-refractivity contribution >= 4 is 51.4 Å². The second-order valence-electron chi connectivity index (χ2n) is 6.18. The van der Waals surface area contributed by atoms with Crippen molar-refractivity contribution in [3.05, 3.63) is 76.3 Å². The Hall–Kier alpha value is -2.83. The molecule has 5 nitrogen and oxygen atoms in total. The Labute approximate surface area is 166 Å². The lowest BCUT2D eigenvalue weighted by molar-refractivity contribution is 1.08. The first-order chi connectivity index (χ1) is 13.0. The van der Waals surface area contributed by atoms with E-state index in [1.54, 1.807) is 6.33 Å². The van der Waals surface area contributed by atoms with Crippen LogP contribution in [0.1, 0.15) is 22.5 Å². The minimum absolute atomic E-state index is 0.583. The van der Waals surface area contributed by atoms with Crippen molar-refractivity contribution in [3.8, 4) is 0 Å². The number of anilines is 2. The van der Waals surface area contributed by atoms with Crippen LogP contribution in [0.25, 0.3) is 11.2 Å². The van der Waals surface area contributed by atoms with E-state index in [0.29, 0.717) is 22.3 Å². The van der Waals surface area contributed by atoms with Gasteiger partial charge in [0, 0.05) is 11.3 Å². The highest BCUT2D eigenvalue weighted by Crippen LogP contribution is 2.28. The molecular weight excluding hydrogens is 378 g/mol. The molecule has 0 aliphatic heterocycles. The summed E-state index contributed by atoms with van der Waals surface area (Å²) in [5, 5.41) is 3.87. The zero-order chi connectivity index (χ0) is 19.0. The summed E-state index contributed by atoms with van der Waals surface area (Å²) in [5.74, 6) is 1.29. The maximum Gasteiger partial charge on any atom is 0.183 e. The fourth-order valence-corrected chi connectivity index (χ4v) is 3.66. The van der Waals surface area contributed by atoms with Crippen molar-refractivity contribution in [1.82, 2.24) is 19.9 Å². The van der Waals surface area contributed by atoms with Crippen molar-refractivity contribution < 1.29 is 0 Å². The number of hydrogen-bond acceptors (Lipinski definition) is 5. The summed E-state index contributed by atoms with van der Waals surface area (Å²) in [6.45, 7) is 3.87. The number of nitrogens with one attached hydrogen (secondary N) is 2. The molecule has 2 N–H and O–H groups in total. The highest BCUT2D eigenvalue weighted by Gasteiger charge is 2.13. The molecule has 7 heteroatoms. The van der Waals surface area contributed by atoms with E-state index in [1.165, 1.54) is 0 Å². The zero-order valence-electron chi connectivity index (χ0n) is 14.7. The summed E-state index contributed by atoms with van der Waals surface area (Å²) >= 11 is 12.2. The van der Waals surface area contributed by atoms with Gasteiger partial charge in [0.1, 0.15) is 11.3 Å². The van der Waals surface area contributed by atoms with Crippen molar-refractivity contribution in [2.45, 2.75) is 13.8 Å². The number of aromatic amines is 1. The predicted octanol–water partition coefficient (Wildman–Crippen LogP) is 5.13. The van der Waals surface area contributed by atoms with Gasteiger partial charge in [0.25, 0.3) is 0 Å². The van der Waals surface area contributed by atoms with Crippen LogP contribution in [-0.2, 0) is 0 Å². The Bertz CT molecular complexity index is 1170. The van der Waals surface area contributed by atoms with Gasteiger partial charge in [-0.3, -0.25) is 0 Å². The number of H-pyrrole nitrogens is 1. The topological polar surface area (TPSA) is 66.5 Å². The number of rotatable bonds is 4. The van der Waals surface area contributed by atoms with E-state index < -0.39 is 0 Å². The van der Waals surface area contributed by atoms with Gasteiger partial charge in [0.15, 0.2) is 11.5 Å². The average molecular weight is 394 g/mol. The van der Waals surface area contributed by atoms with Crippen molar-refractivity contribution in [2.75, 3.05) is 5.32 Å². The van der Waals surface area contributed by atoms with Gasteiger partial charge >= 0.3 is 0 Å². The fraction of sp³-hybridized carbons (Fsp3) is 0.100. The Balaban J connectivity index is 1.67.